The number of hydrogen-bond donors (Lipinski definition) is 0. The molecule has 11 aromatic rings. The number of allylic oxidation sites excluding steroid dienone is 1. The van der Waals surface area contributed by atoms with Crippen molar-refractivity contribution < 1.29 is 0 Å². The molecule has 0 saturated heterocycles. The Morgan fingerprint density at radius 1 is 0.397 bits per heavy atom. The summed E-state index contributed by atoms with van der Waals surface area (Å²) in [6, 6.07) is 67.6. The Bertz CT molecular complexity index is 3360. The lowest BCUT2D eigenvalue weighted by molar-refractivity contribution is 0.941. The number of fused-ring (bicyclic) bond motifs is 9. The molecule has 5 nitrogen and oxygen atoms in total. The predicted octanol–water partition coefficient (Wildman–Crippen LogP) is 13.6. The van der Waals surface area contributed by atoms with Crippen LogP contribution in [0.5, 0.6) is 0 Å². The van der Waals surface area contributed by atoms with E-state index < -0.39 is 0 Å². The van der Waals surface area contributed by atoms with Crippen molar-refractivity contribution in [2.45, 2.75) is 12.8 Å². The summed E-state index contributed by atoms with van der Waals surface area (Å²) >= 11 is 0. The first-order valence-corrected chi connectivity index (χ1v) is 20.0. The van der Waals surface area contributed by atoms with Gasteiger partial charge < -0.3 is 9.47 Å². The van der Waals surface area contributed by atoms with Crippen molar-refractivity contribution in [3.63, 3.8) is 0 Å². The minimum atomic E-state index is 0.889. The molecule has 274 valence electrons. The summed E-state index contributed by atoms with van der Waals surface area (Å²) in [7, 11) is 0. The third kappa shape index (κ3) is 4.93. The number of nitrogens with zero attached hydrogens (tertiary/aromatic N) is 5. The average molecular weight is 744 g/mol. The molecule has 4 aromatic heterocycles. The number of rotatable bonds is 6. The van der Waals surface area contributed by atoms with Crippen LogP contribution in [0.15, 0.2) is 194 Å². The molecule has 12 rings (SSSR count). The van der Waals surface area contributed by atoms with Crippen molar-refractivity contribution in [2.75, 3.05) is 4.90 Å². The first kappa shape index (κ1) is 32.6. The van der Waals surface area contributed by atoms with Gasteiger partial charge in [0.25, 0.3) is 0 Å². The van der Waals surface area contributed by atoms with E-state index in [4.69, 9.17) is 4.98 Å². The molecule has 0 spiro atoms. The van der Waals surface area contributed by atoms with E-state index >= 15 is 0 Å². The van der Waals surface area contributed by atoms with Crippen LogP contribution in [0.25, 0.3) is 77.9 Å². The molecule has 58 heavy (non-hydrogen) atoms. The molecule has 1 aliphatic carbocycles. The molecule has 0 bridgehead atoms. The van der Waals surface area contributed by atoms with Crippen LogP contribution in [0.1, 0.15) is 17.7 Å². The highest BCUT2D eigenvalue weighted by Gasteiger charge is 2.22. The highest BCUT2D eigenvalue weighted by Crippen LogP contribution is 2.42. The molecule has 0 atom stereocenters. The first-order chi connectivity index (χ1) is 28.8. The largest absolute Gasteiger partial charge is 0.310 e. The summed E-state index contributed by atoms with van der Waals surface area (Å²) in [6.45, 7) is 0. The summed E-state index contributed by atoms with van der Waals surface area (Å²) < 4.78 is 7.12. The highest BCUT2D eigenvalue weighted by molar-refractivity contribution is 6.19. The van der Waals surface area contributed by atoms with Crippen molar-refractivity contribution in [3.8, 4) is 17.3 Å². The number of aromatic nitrogens is 4. The lowest BCUT2D eigenvalue weighted by Crippen LogP contribution is -2.10. The van der Waals surface area contributed by atoms with Gasteiger partial charge in [0.1, 0.15) is 11.6 Å². The van der Waals surface area contributed by atoms with E-state index in [0.717, 1.165) is 63.8 Å². The van der Waals surface area contributed by atoms with Gasteiger partial charge in [-0.1, -0.05) is 109 Å². The summed E-state index contributed by atoms with van der Waals surface area (Å²) in [4.78, 5) is 7.81. The summed E-state index contributed by atoms with van der Waals surface area (Å²) in [5.74, 6) is 1.81. The minimum absolute atomic E-state index is 0.889. The lowest BCUT2D eigenvalue weighted by atomic mass is 10.0. The van der Waals surface area contributed by atoms with Crippen LogP contribution in [-0.2, 0) is 6.42 Å². The second-order valence-electron chi connectivity index (χ2n) is 15.1. The Balaban J connectivity index is 1.10. The summed E-state index contributed by atoms with van der Waals surface area (Å²) in [5.41, 5.74) is 12.8. The Kier molecular flexibility index (Phi) is 7.29. The van der Waals surface area contributed by atoms with Gasteiger partial charge in [0.05, 0.1) is 33.3 Å². The van der Waals surface area contributed by atoms with E-state index in [0.29, 0.717) is 0 Å². The molecule has 0 N–H and O–H groups in total. The van der Waals surface area contributed by atoms with Crippen molar-refractivity contribution in [1.82, 2.24) is 18.7 Å². The fourth-order valence-corrected chi connectivity index (χ4v) is 9.42. The average Bonchev–Trinajstić information content (AvgIpc) is 3.92. The van der Waals surface area contributed by atoms with E-state index in [-0.39, 0.29) is 0 Å². The van der Waals surface area contributed by atoms with Gasteiger partial charge in [-0.3, -0.25) is 9.13 Å². The van der Waals surface area contributed by atoms with E-state index in [9.17, 15) is 0 Å². The molecule has 0 radical (unpaired) electrons. The fraction of sp³-hybridized carbons (Fsp3) is 0.0377. The Morgan fingerprint density at radius 3 is 1.62 bits per heavy atom. The Labute approximate surface area is 335 Å². The van der Waals surface area contributed by atoms with Gasteiger partial charge in [-0.2, -0.15) is 0 Å². The molecule has 0 unspecified atom stereocenters. The van der Waals surface area contributed by atoms with Gasteiger partial charge >= 0.3 is 0 Å². The molecular formula is C53H37N5. The van der Waals surface area contributed by atoms with Crippen molar-refractivity contribution >= 4 is 77.7 Å². The fourth-order valence-electron chi connectivity index (χ4n) is 9.42. The molecule has 0 fully saturated rings. The van der Waals surface area contributed by atoms with Gasteiger partial charge in [0.15, 0.2) is 0 Å². The van der Waals surface area contributed by atoms with Gasteiger partial charge in [0.2, 0.25) is 0 Å². The van der Waals surface area contributed by atoms with Crippen molar-refractivity contribution in [1.29, 1.82) is 0 Å². The molecule has 5 heteroatoms. The number of hydrogen-bond acceptors (Lipinski definition) is 2. The minimum Gasteiger partial charge on any atom is -0.310 e. The van der Waals surface area contributed by atoms with E-state index in [1.54, 1.807) is 0 Å². The molecule has 7 aromatic carbocycles. The quantitative estimate of drug-likeness (QED) is 0.170. The van der Waals surface area contributed by atoms with Gasteiger partial charge in [-0.05, 0) is 109 Å². The van der Waals surface area contributed by atoms with Crippen LogP contribution in [0, 0.1) is 0 Å². The van der Waals surface area contributed by atoms with Gasteiger partial charge in [-0.25, -0.2) is 4.98 Å². The topological polar surface area (TPSA) is 30.9 Å². The molecule has 0 aliphatic heterocycles. The Morgan fingerprint density at radius 2 is 0.931 bits per heavy atom. The zero-order valence-electron chi connectivity index (χ0n) is 31.7. The predicted molar refractivity (Wildman–Crippen MR) is 242 cm³/mol. The van der Waals surface area contributed by atoms with Crippen LogP contribution < -0.4 is 4.90 Å². The van der Waals surface area contributed by atoms with E-state index in [2.05, 4.69) is 219 Å². The van der Waals surface area contributed by atoms with Crippen LogP contribution in [-0.4, -0.2) is 18.7 Å². The SMILES string of the molecule is C1=Cc2c(c3ccccc3n2-c2cccc(-n3c4ccccc4c4cc5c6ccccc6n(-c6cccc(N(c7ccccc7)c7ccccc7)c6)c5cc43)n2)CC1. The standard InChI is InChI=1S/C53H37N5/c1-3-17-36(18-4-1)55(37-19-5-2-6-20-37)38-21-15-22-39(33-38)56-46-27-11-9-25-42(46)44-34-45-43-26-10-14-30-49(43)58(51(45)35-50(44)56)53-32-16-31-52(54-53)57-47-28-12-7-23-40(47)41-24-8-13-29-48(41)57/h1-7,9-23,25-35H,8,24H2. The highest BCUT2D eigenvalue weighted by atomic mass is 15.2. The zero-order valence-corrected chi connectivity index (χ0v) is 31.7. The summed E-state index contributed by atoms with van der Waals surface area (Å²) in [6.07, 6.45) is 6.66. The maximum absolute atomic E-state index is 5.49. The zero-order chi connectivity index (χ0) is 38.2. The van der Waals surface area contributed by atoms with Crippen molar-refractivity contribution in [2.24, 2.45) is 0 Å². The second-order valence-corrected chi connectivity index (χ2v) is 15.1. The molecule has 0 saturated carbocycles. The number of para-hydroxylation sites is 5. The van der Waals surface area contributed by atoms with Crippen LogP contribution >= 0.6 is 0 Å². The number of anilines is 3. The molecule has 0 amide bonds. The smallest absolute Gasteiger partial charge is 0.140 e. The third-order valence-electron chi connectivity index (χ3n) is 11.9. The maximum atomic E-state index is 5.49. The number of benzene rings is 7. The van der Waals surface area contributed by atoms with Crippen molar-refractivity contribution in [3.05, 3.63) is 205 Å². The molecular weight excluding hydrogens is 707 g/mol. The van der Waals surface area contributed by atoms with Gasteiger partial charge in [-0.15, -0.1) is 0 Å². The van der Waals surface area contributed by atoms with E-state index in [1.807, 2.05) is 0 Å². The second kappa shape index (κ2) is 13.0. The summed E-state index contributed by atoms with van der Waals surface area (Å²) in [5, 5.41) is 6.16. The van der Waals surface area contributed by atoms with Gasteiger partial charge in [0, 0.05) is 49.7 Å². The maximum Gasteiger partial charge on any atom is 0.140 e. The first-order valence-electron chi connectivity index (χ1n) is 20.0. The number of pyridine rings is 1. The third-order valence-corrected chi connectivity index (χ3v) is 11.9. The monoisotopic (exact) mass is 743 g/mol. The van der Waals surface area contributed by atoms with Crippen LogP contribution in [0.3, 0.4) is 0 Å². The molecule has 1 aliphatic rings. The van der Waals surface area contributed by atoms with E-state index in [1.165, 1.54) is 49.2 Å². The molecule has 4 heterocycles. The van der Waals surface area contributed by atoms with Crippen LogP contribution in [0.4, 0.5) is 17.1 Å². The van der Waals surface area contributed by atoms with Crippen LogP contribution in [0.2, 0.25) is 0 Å². The number of aryl methyl sites for hydroxylation is 1. The lowest BCUT2D eigenvalue weighted by Gasteiger charge is -2.26. The normalized spacial score (nSPS) is 12.6. The Hall–Kier alpha value is -7.63.